The summed E-state index contributed by atoms with van der Waals surface area (Å²) in [5, 5.41) is 13.6. The summed E-state index contributed by atoms with van der Waals surface area (Å²) in [6.45, 7) is 0.146. The van der Waals surface area contributed by atoms with E-state index in [-0.39, 0.29) is 18.8 Å². The maximum atomic E-state index is 11.2. The number of hydrogen-bond donors (Lipinski definition) is 1. The lowest BCUT2D eigenvalue weighted by molar-refractivity contribution is -0.136. The molecule has 0 aliphatic heterocycles. The lowest BCUT2D eigenvalue weighted by Crippen LogP contribution is -2.05. The van der Waals surface area contributed by atoms with Gasteiger partial charge in [0.2, 0.25) is 0 Å². The Morgan fingerprint density at radius 2 is 1.84 bits per heavy atom. The van der Waals surface area contributed by atoms with Crippen LogP contribution in [0.4, 0.5) is 0 Å². The van der Waals surface area contributed by atoms with Gasteiger partial charge in [-0.1, -0.05) is 5.16 Å². The average molecular weight is 443 g/mol. The van der Waals surface area contributed by atoms with E-state index >= 15 is 0 Å². The Morgan fingerprint density at radius 1 is 1.10 bits per heavy atom. The van der Waals surface area contributed by atoms with Crippen molar-refractivity contribution in [2.24, 2.45) is 0 Å². The maximum Gasteiger partial charge on any atom is 0.307 e. The Bertz CT molecular complexity index is 1340. The number of benzene rings is 2. The van der Waals surface area contributed by atoms with E-state index in [1.807, 2.05) is 0 Å². The molecular formula is C21H17NO8S. The molecule has 4 aromatic rings. The molecule has 0 aliphatic rings. The number of fused-ring (bicyclic) bond motifs is 1. The normalized spacial score (nSPS) is 11.5. The number of nitrogens with zero attached hydrogens (tertiary/aromatic N) is 1. The molecule has 0 aliphatic carbocycles. The Kier molecular flexibility index (Phi) is 5.38. The molecule has 1 N–H and O–H groups in total. The number of carboxylic acid groups (broad SMARTS) is 1. The number of carbonyl (C=O) groups is 1. The van der Waals surface area contributed by atoms with Crippen LogP contribution in [0.2, 0.25) is 0 Å². The molecule has 4 rings (SSSR count). The molecule has 2 heterocycles. The van der Waals surface area contributed by atoms with E-state index in [2.05, 4.69) is 5.16 Å². The highest BCUT2D eigenvalue weighted by Gasteiger charge is 2.12. The molecule has 10 heteroatoms. The summed E-state index contributed by atoms with van der Waals surface area (Å²) in [4.78, 5) is 10.9. The summed E-state index contributed by atoms with van der Waals surface area (Å²) >= 11 is 0. The first kappa shape index (κ1) is 20.5. The first-order valence-electron chi connectivity index (χ1n) is 9.07. The molecular weight excluding hydrogens is 426 g/mol. The minimum atomic E-state index is -3.59. The molecule has 0 atom stereocenters. The van der Waals surface area contributed by atoms with Gasteiger partial charge in [-0.05, 0) is 36.4 Å². The van der Waals surface area contributed by atoms with Gasteiger partial charge in [0.05, 0.1) is 18.9 Å². The number of ether oxygens (including phenoxy) is 1. The van der Waals surface area contributed by atoms with Gasteiger partial charge in [0.25, 0.3) is 0 Å². The Morgan fingerprint density at radius 3 is 2.55 bits per heavy atom. The zero-order chi connectivity index (χ0) is 22.0. The summed E-state index contributed by atoms with van der Waals surface area (Å²) in [6.07, 6.45) is 2.29. The zero-order valence-electron chi connectivity index (χ0n) is 16.3. The number of hydrogen-bond acceptors (Lipinski definition) is 8. The van der Waals surface area contributed by atoms with Crippen LogP contribution in [0.5, 0.6) is 11.5 Å². The Hall–Kier alpha value is -3.79. The standard InChI is InChI=1S/C21H17NO8S/c1-31(25,26)30-16-4-2-13(3-5-16)19-9-15(22-29-19)12-27-17-6-7-18-14(8-21(23)24)11-28-20(18)10-17/h2-7,9-11H,8,12H2,1H3,(H,23,24). The number of carboxylic acids is 1. The van der Waals surface area contributed by atoms with E-state index in [1.165, 1.54) is 18.4 Å². The van der Waals surface area contributed by atoms with Crippen molar-refractivity contribution >= 4 is 27.1 Å². The highest BCUT2D eigenvalue weighted by atomic mass is 32.2. The fraction of sp³-hybridized carbons (Fsp3) is 0.143. The highest BCUT2D eigenvalue weighted by Crippen LogP contribution is 2.27. The van der Waals surface area contributed by atoms with Gasteiger partial charge in [0.15, 0.2) is 5.76 Å². The minimum absolute atomic E-state index is 0.115. The van der Waals surface area contributed by atoms with Crippen molar-refractivity contribution < 1.29 is 36.2 Å². The largest absolute Gasteiger partial charge is 0.487 e. The van der Waals surface area contributed by atoms with E-state index < -0.39 is 16.1 Å². The van der Waals surface area contributed by atoms with Crippen molar-refractivity contribution in [3.05, 3.63) is 66.1 Å². The molecule has 0 saturated heterocycles. The van der Waals surface area contributed by atoms with Gasteiger partial charge < -0.3 is 23.0 Å². The molecule has 160 valence electrons. The number of furan rings is 1. The fourth-order valence-corrected chi connectivity index (χ4v) is 3.44. The molecule has 0 amide bonds. The van der Waals surface area contributed by atoms with Crippen LogP contribution in [0.15, 0.2) is 63.7 Å². The van der Waals surface area contributed by atoms with Gasteiger partial charge in [-0.3, -0.25) is 4.79 Å². The van der Waals surface area contributed by atoms with Crippen LogP contribution in [0.1, 0.15) is 11.3 Å². The van der Waals surface area contributed by atoms with Gasteiger partial charge in [-0.2, -0.15) is 8.42 Å². The van der Waals surface area contributed by atoms with Gasteiger partial charge >= 0.3 is 16.1 Å². The average Bonchev–Trinajstić information content (AvgIpc) is 3.33. The second-order valence-corrected chi connectivity index (χ2v) is 8.35. The third-order valence-corrected chi connectivity index (χ3v) is 4.80. The van der Waals surface area contributed by atoms with E-state index in [0.29, 0.717) is 33.9 Å². The van der Waals surface area contributed by atoms with Crippen LogP contribution in [-0.2, 0) is 27.9 Å². The first-order chi connectivity index (χ1) is 14.8. The van der Waals surface area contributed by atoms with Crippen molar-refractivity contribution in [2.75, 3.05) is 6.26 Å². The third kappa shape index (κ3) is 5.04. The quantitative estimate of drug-likeness (QED) is 0.406. The van der Waals surface area contributed by atoms with Crippen molar-refractivity contribution in [3.63, 3.8) is 0 Å². The van der Waals surface area contributed by atoms with Crippen molar-refractivity contribution in [3.8, 4) is 22.8 Å². The van der Waals surface area contributed by atoms with Crippen LogP contribution in [0.3, 0.4) is 0 Å². The van der Waals surface area contributed by atoms with Crippen LogP contribution in [-0.4, -0.2) is 30.9 Å². The second kappa shape index (κ2) is 8.15. The monoisotopic (exact) mass is 443 g/mol. The summed E-state index contributed by atoms with van der Waals surface area (Å²) < 4.78 is 43.6. The number of aliphatic carboxylic acids is 1. The highest BCUT2D eigenvalue weighted by molar-refractivity contribution is 7.86. The maximum absolute atomic E-state index is 11.2. The van der Waals surface area contributed by atoms with Gasteiger partial charge in [-0.15, -0.1) is 0 Å². The number of rotatable bonds is 8. The van der Waals surface area contributed by atoms with E-state index in [0.717, 1.165) is 11.6 Å². The minimum Gasteiger partial charge on any atom is -0.487 e. The summed E-state index contributed by atoms with van der Waals surface area (Å²) in [6, 6.07) is 13.2. The molecule has 2 aromatic heterocycles. The van der Waals surface area contributed by atoms with E-state index in [1.54, 1.807) is 36.4 Å². The molecule has 2 aromatic carbocycles. The summed E-state index contributed by atoms with van der Waals surface area (Å²) in [5.74, 6) is 0.302. The second-order valence-electron chi connectivity index (χ2n) is 6.77. The number of aromatic nitrogens is 1. The van der Waals surface area contributed by atoms with Crippen molar-refractivity contribution in [2.45, 2.75) is 13.0 Å². The zero-order valence-corrected chi connectivity index (χ0v) is 17.1. The van der Waals surface area contributed by atoms with E-state index in [4.69, 9.17) is 23.0 Å². The molecule has 0 radical (unpaired) electrons. The Balaban J connectivity index is 1.42. The molecule has 0 spiro atoms. The first-order valence-corrected chi connectivity index (χ1v) is 10.9. The smallest absolute Gasteiger partial charge is 0.307 e. The molecule has 0 unspecified atom stereocenters. The molecule has 0 bridgehead atoms. The van der Waals surface area contributed by atoms with Gasteiger partial charge in [0.1, 0.15) is 29.4 Å². The van der Waals surface area contributed by atoms with Gasteiger partial charge in [0, 0.05) is 28.6 Å². The van der Waals surface area contributed by atoms with Crippen LogP contribution < -0.4 is 8.92 Å². The predicted molar refractivity (Wildman–Crippen MR) is 109 cm³/mol. The molecule has 9 nitrogen and oxygen atoms in total. The Labute approximate surface area is 176 Å². The molecule has 31 heavy (non-hydrogen) atoms. The SMILES string of the molecule is CS(=O)(=O)Oc1ccc(-c2cc(COc3ccc4c(CC(=O)O)coc4c3)no2)cc1. The lowest BCUT2D eigenvalue weighted by atomic mass is 10.1. The topological polar surface area (TPSA) is 129 Å². The summed E-state index contributed by atoms with van der Waals surface area (Å²) in [7, 11) is -3.59. The lowest BCUT2D eigenvalue weighted by Gasteiger charge is -2.03. The predicted octanol–water partition coefficient (Wildman–Crippen LogP) is 3.63. The van der Waals surface area contributed by atoms with E-state index in [9.17, 15) is 13.2 Å². The van der Waals surface area contributed by atoms with Crippen LogP contribution in [0.25, 0.3) is 22.3 Å². The van der Waals surface area contributed by atoms with Gasteiger partial charge in [-0.25, -0.2) is 0 Å². The fourth-order valence-electron chi connectivity index (χ4n) is 2.98. The molecule has 0 fully saturated rings. The van der Waals surface area contributed by atoms with Crippen LogP contribution in [0, 0.1) is 0 Å². The van der Waals surface area contributed by atoms with Crippen molar-refractivity contribution in [1.29, 1.82) is 0 Å². The third-order valence-electron chi connectivity index (χ3n) is 4.30. The van der Waals surface area contributed by atoms with Crippen molar-refractivity contribution in [1.82, 2.24) is 5.16 Å². The van der Waals surface area contributed by atoms with Crippen LogP contribution >= 0.6 is 0 Å². The summed E-state index contributed by atoms with van der Waals surface area (Å²) in [5.41, 5.74) is 2.38. The molecule has 0 saturated carbocycles.